The zero-order valence-electron chi connectivity index (χ0n) is 15.8. The number of ketones is 3. The molecule has 154 valence electrons. The SMILES string of the molecule is CCC(=O)C(O)[C@H]1O[C@H](O)[C@H](NC(C)=O)[C@](O)(C(=O)CC)[C@@]1(O)C(=O)CC. The maximum atomic E-state index is 12.6. The third kappa shape index (κ3) is 3.67. The van der Waals surface area contributed by atoms with Gasteiger partial charge in [-0.2, -0.15) is 0 Å². The monoisotopic (exact) mass is 389 g/mol. The van der Waals surface area contributed by atoms with Gasteiger partial charge in [-0.15, -0.1) is 0 Å². The molecule has 0 bridgehead atoms. The molecule has 5 N–H and O–H groups in total. The molecule has 1 fully saturated rings. The van der Waals surface area contributed by atoms with Crippen molar-refractivity contribution < 1.29 is 44.3 Å². The third-order valence-corrected chi connectivity index (χ3v) is 4.83. The van der Waals surface area contributed by atoms with E-state index >= 15 is 0 Å². The molecule has 0 aromatic rings. The maximum Gasteiger partial charge on any atom is 0.217 e. The Labute approximate surface area is 156 Å². The largest absolute Gasteiger partial charge is 0.382 e. The van der Waals surface area contributed by atoms with Gasteiger partial charge in [-0.1, -0.05) is 20.8 Å². The molecule has 10 heteroatoms. The van der Waals surface area contributed by atoms with Crippen LogP contribution in [-0.4, -0.2) is 79.4 Å². The van der Waals surface area contributed by atoms with Crippen molar-refractivity contribution in [3.05, 3.63) is 0 Å². The normalized spacial score (nSPS) is 34.6. The molecule has 1 unspecified atom stereocenters. The van der Waals surface area contributed by atoms with E-state index in [0.29, 0.717) is 0 Å². The predicted molar refractivity (Wildman–Crippen MR) is 90.3 cm³/mol. The van der Waals surface area contributed by atoms with Gasteiger partial charge < -0.3 is 30.5 Å². The van der Waals surface area contributed by atoms with Gasteiger partial charge in [0.1, 0.15) is 18.2 Å². The molecular formula is C17H27NO9. The topological polar surface area (TPSA) is 170 Å². The standard InChI is InChI=1S/C17H27NO9/c1-5-9(20)12(23)14-17(26,11(22)7-3)16(25,10(21)6-2)13(15(24)27-14)18-8(4)19/h12-15,23-26H,5-7H2,1-4H3,(H,18,19)/t12?,13-,14+,15-,16+,17+/m0/s1. The van der Waals surface area contributed by atoms with Crippen LogP contribution in [0, 0.1) is 0 Å². The van der Waals surface area contributed by atoms with Gasteiger partial charge in [0.15, 0.2) is 34.8 Å². The summed E-state index contributed by atoms with van der Waals surface area (Å²) < 4.78 is 5.10. The summed E-state index contributed by atoms with van der Waals surface area (Å²) in [5.74, 6) is -3.78. The highest BCUT2D eigenvalue weighted by atomic mass is 16.6. The number of hydrogen-bond acceptors (Lipinski definition) is 9. The van der Waals surface area contributed by atoms with Gasteiger partial charge in [0.2, 0.25) is 5.91 Å². The molecule has 10 nitrogen and oxygen atoms in total. The van der Waals surface area contributed by atoms with Gasteiger partial charge in [-0.3, -0.25) is 19.2 Å². The van der Waals surface area contributed by atoms with Crippen molar-refractivity contribution >= 4 is 23.3 Å². The third-order valence-electron chi connectivity index (χ3n) is 4.83. The minimum Gasteiger partial charge on any atom is -0.382 e. The highest BCUT2D eigenvalue weighted by Crippen LogP contribution is 2.42. The summed E-state index contributed by atoms with van der Waals surface area (Å²) in [4.78, 5) is 48.7. The molecule has 0 aliphatic carbocycles. The van der Waals surface area contributed by atoms with Crippen molar-refractivity contribution in [1.82, 2.24) is 5.32 Å². The van der Waals surface area contributed by atoms with E-state index in [0.717, 1.165) is 6.92 Å². The van der Waals surface area contributed by atoms with E-state index < -0.39 is 59.0 Å². The highest BCUT2D eigenvalue weighted by Gasteiger charge is 2.72. The number of ether oxygens (including phenoxy) is 1. The summed E-state index contributed by atoms with van der Waals surface area (Å²) in [6, 6.07) is -1.90. The summed E-state index contributed by atoms with van der Waals surface area (Å²) in [7, 11) is 0. The summed E-state index contributed by atoms with van der Waals surface area (Å²) in [5, 5.41) is 45.1. The fraction of sp³-hybridized carbons (Fsp3) is 0.765. The van der Waals surface area contributed by atoms with Crippen LogP contribution in [0.2, 0.25) is 0 Å². The molecule has 0 aromatic heterocycles. The second kappa shape index (κ2) is 8.53. The van der Waals surface area contributed by atoms with Gasteiger partial charge in [0.05, 0.1) is 0 Å². The first-order valence-corrected chi connectivity index (χ1v) is 8.75. The Morgan fingerprint density at radius 3 is 1.89 bits per heavy atom. The van der Waals surface area contributed by atoms with Crippen molar-refractivity contribution in [3.63, 3.8) is 0 Å². The Morgan fingerprint density at radius 1 is 1.00 bits per heavy atom. The van der Waals surface area contributed by atoms with Crippen molar-refractivity contribution in [2.75, 3.05) is 0 Å². The summed E-state index contributed by atoms with van der Waals surface area (Å²) in [5.41, 5.74) is -6.11. The summed E-state index contributed by atoms with van der Waals surface area (Å²) >= 11 is 0. The highest BCUT2D eigenvalue weighted by molar-refractivity contribution is 6.01. The number of Topliss-reactive ketones (excluding diaryl/α,β-unsaturated/α-hetero) is 3. The molecule has 6 atom stereocenters. The van der Waals surface area contributed by atoms with Crippen LogP contribution in [0.25, 0.3) is 0 Å². The molecule has 1 heterocycles. The minimum atomic E-state index is -3.08. The van der Waals surface area contributed by atoms with E-state index in [2.05, 4.69) is 5.32 Å². The smallest absolute Gasteiger partial charge is 0.217 e. The molecule has 1 aliphatic rings. The van der Waals surface area contributed by atoms with Gasteiger partial charge in [0.25, 0.3) is 0 Å². The molecule has 1 rings (SSSR count). The zero-order valence-corrected chi connectivity index (χ0v) is 15.8. The van der Waals surface area contributed by atoms with Crippen molar-refractivity contribution in [1.29, 1.82) is 0 Å². The van der Waals surface area contributed by atoms with Gasteiger partial charge in [-0.05, 0) is 0 Å². The number of nitrogens with one attached hydrogen (secondary N) is 1. The quantitative estimate of drug-likeness (QED) is 0.314. The number of amides is 1. The molecular weight excluding hydrogens is 362 g/mol. The lowest BCUT2D eigenvalue weighted by Gasteiger charge is -2.54. The number of carbonyl (C=O) groups excluding carboxylic acids is 4. The molecule has 0 saturated carbocycles. The fourth-order valence-electron chi connectivity index (χ4n) is 3.36. The van der Waals surface area contributed by atoms with Crippen molar-refractivity contribution in [2.45, 2.75) is 82.7 Å². The first kappa shape index (κ1) is 23.3. The Balaban J connectivity index is 3.74. The van der Waals surface area contributed by atoms with E-state index in [1.807, 2.05) is 0 Å². The van der Waals surface area contributed by atoms with Crippen LogP contribution in [0.3, 0.4) is 0 Å². The molecule has 0 aromatic carbocycles. The van der Waals surface area contributed by atoms with Crippen LogP contribution in [0.15, 0.2) is 0 Å². The lowest BCUT2D eigenvalue weighted by Crippen LogP contribution is -2.83. The second-order valence-electron chi connectivity index (χ2n) is 6.48. The number of carbonyl (C=O) groups is 4. The average molecular weight is 389 g/mol. The van der Waals surface area contributed by atoms with Crippen LogP contribution in [-0.2, 0) is 23.9 Å². The maximum absolute atomic E-state index is 12.6. The fourth-order valence-corrected chi connectivity index (χ4v) is 3.36. The Morgan fingerprint density at radius 2 is 1.48 bits per heavy atom. The number of hydrogen-bond donors (Lipinski definition) is 5. The van der Waals surface area contributed by atoms with E-state index in [1.165, 1.54) is 20.8 Å². The lowest BCUT2D eigenvalue weighted by molar-refractivity contribution is -0.314. The van der Waals surface area contributed by atoms with Crippen LogP contribution < -0.4 is 5.32 Å². The lowest BCUT2D eigenvalue weighted by atomic mass is 9.64. The predicted octanol–water partition coefficient (Wildman–Crippen LogP) is -2.03. The number of rotatable bonds is 8. The molecule has 0 radical (unpaired) electrons. The van der Waals surface area contributed by atoms with Crippen LogP contribution >= 0.6 is 0 Å². The first-order chi connectivity index (χ1) is 12.4. The summed E-state index contributed by atoms with van der Waals surface area (Å²) in [6.45, 7) is 5.12. The molecule has 1 amide bonds. The molecule has 1 aliphatic heterocycles. The zero-order chi connectivity index (χ0) is 21.2. The second-order valence-corrected chi connectivity index (χ2v) is 6.48. The summed E-state index contributed by atoms with van der Waals surface area (Å²) in [6.07, 6.45) is -7.24. The van der Waals surface area contributed by atoms with E-state index in [9.17, 15) is 39.6 Å². The Bertz CT molecular complexity index is 622. The first-order valence-electron chi connectivity index (χ1n) is 8.75. The van der Waals surface area contributed by atoms with Gasteiger partial charge >= 0.3 is 0 Å². The van der Waals surface area contributed by atoms with E-state index in [4.69, 9.17) is 4.74 Å². The average Bonchev–Trinajstić information content (AvgIpc) is 2.64. The number of aliphatic hydroxyl groups is 4. The number of aliphatic hydroxyl groups excluding tert-OH is 2. The molecule has 0 spiro atoms. The molecule has 1 saturated heterocycles. The van der Waals surface area contributed by atoms with Gasteiger partial charge in [-0.25, -0.2) is 0 Å². The van der Waals surface area contributed by atoms with Crippen LogP contribution in [0.4, 0.5) is 0 Å². The van der Waals surface area contributed by atoms with E-state index in [-0.39, 0.29) is 19.3 Å². The van der Waals surface area contributed by atoms with E-state index in [1.54, 1.807) is 0 Å². The van der Waals surface area contributed by atoms with Crippen LogP contribution in [0.5, 0.6) is 0 Å². The Kier molecular flexibility index (Phi) is 7.37. The Hall–Kier alpha value is -1.72. The van der Waals surface area contributed by atoms with Gasteiger partial charge in [0, 0.05) is 26.2 Å². The van der Waals surface area contributed by atoms with Crippen LogP contribution in [0.1, 0.15) is 47.0 Å². The van der Waals surface area contributed by atoms with Crippen molar-refractivity contribution in [2.24, 2.45) is 0 Å². The molecule has 27 heavy (non-hydrogen) atoms. The minimum absolute atomic E-state index is 0.192. The van der Waals surface area contributed by atoms with Crippen molar-refractivity contribution in [3.8, 4) is 0 Å².